The first kappa shape index (κ1) is 16.7. The molecule has 6 nitrogen and oxygen atoms in total. The van der Waals surface area contributed by atoms with E-state index < -0.39 is 0 Å². The quantitative estimate of drug-likeness (QED) is 0.632. The molecule has 6 heteroatoms. The van der Waals surface area contributed by atoms with Gasteiger partial charge in [-0.15, -0.1) is 0 Å². The minimum Gasteiger partial charge on any atom is -0.395 e. The Bertz CT molecular complexity index is 393. The third-order valence-electron chi connectivity index (χ3n) is 3.02. The smallest absolute Gasteiger partial charge is 0.137 e. The Morgan fingerprint density at radius 1 is 1.20 bits per heavy atom. The van der Waals surface area contributed by atoms with Crippen LogP contribution < -0.4 is 10.2 Å². The predicted molar refractivity (Wildman–Crippen MR) is 81.3 cm³/mol. The number of aromatic nitrogens is 2. The minimum absolute atomic E-state index is 0.0270. The fourth-order valence-electron chi connectivity index (χ4n) is 2.12. The second kappa shape index (κ2) is 8.71. The van der Waals surface area contributed by atoms with Crippen LogP contribution in [0.25, 0.3) is 0 Å². The summed E-state index contributed by atoms with van der Waals surface area (Å²) in [5, 5.41) is 21.7. The predicted octanol–water partition coefficient (Wildman–Crippen LogP) is 1.21. The average Bonchev–Trinajstić information content (AvgIpc) is 2.44. The van der Waals surface area contributed by atoms with Crippen molar-refractivity contribution in [1.82, 2.24) is 9.97 Å². The third-order valence-corrected chi connectivity index (χ3v) is 3.02. The van der Waals surface area contributed by atoms with Crippen molar-refractivity contribution in [1.29, 1.82) is 0 Å². The molecule has 0 unspecified atom stereocenters. The Kier molecular flexibility index (Phi) is 7.25. The molecule has 20 heavy (non-hydrogen) atoms. The van der Waals surface area contributed by atoms with E-state index in [4.69, 9.17) is 0 Å². The highest BCUT2D eigenvalue weighted by Crippen LogP contribution is 2.30. The van der Waals surface area contributed by atoms with Gasteiger partial charge in [-0.2, -0.15) is 0 Å². The van der Waals surface area contributed by atoms with Crippen LogP contribution in [0.5, 0.6) is 0 Å². The molecular weight excluding hydrogens is 256 g/mol. The molecule has 0 saturated heterocycles. The molecule has 0 aliphatic rings. The zero-order valence-electron chi connectivity index (χ0n) is 12.6. The van der Waals surface area contributed by atoms with Crippen LogP contribution in [-0.4, -0.2) is 53.0 Å². The lowest BCUT2D eigenvalue weighted by molar-refractivity contribution is 0.280. The lowest BCUT2D eigenvalue weighted by atomic mass is 10.0. The Labute approximate surface area is 120 Å². The summed E-state index contributed by atoms with van der Waals surface area (Å²) in [5.41, 5.74) is 1.03. The van der Waals surface area contributed by atoms with Gasteiger partial charge in [0.15, 0.2) is 0 Å². The largest absolute Gasteiger partial charge is 0.395 e. The molecule has 0 aliphatic heterocycles. The average molecular weight is 282 g/mol. The highest BCUT2D eigenvalue weighted by molar-refractivity contribution is 5.60. The highest BCUT2D eigenvalue weighted by atomic mass is 16.3. The maximum atomic E-state index is 9.18. The second-order valence-corrected chi connectivity index (χ2v) is 4.98. The van der Waals surface area contributed by atoms with Gasteiger partial charge in [0.05, 0.1) is 13.2 Å². The maximum absolute atomic E-state index is 9.18. The van der Waals surface area contributed by atoms with Crippen molar-refractivity contribution in [2.45, 2.75) is 33.1 Å². The van der Waals surface area contributed by atoms with Gasteiger partial charge >= 0.3 is 0 Å². The lowest BCUT2D eigenvalue weighted by Crippen LogP contribution is -2.32. The van der Waals surface area contributed by atoms with E-state index >= 15 is 0 Å². The van der Waals surface area contributed by atoms with Gasteiger partial charge in [-0.3, -0.25) is 0 Å². The number of hydrogen-bond acceptors (Lipinski definition) is 6. The van der Waals surface area contributed by atoms with Crippen molar-refractivity contribution >= 4 is 11.6 Å². The number of anilines is 2. The molecule has 0 spiro atoms. The van der Waals surface area contributed by atoms with Crippen molar-refractivity contribution < 1.29 is 10.2 Å². The monoisotopic (exact) mass is 282 g/mol. The summed E-state index contributed by atoms with van der Waals surface area (Å²) in [5.74, 6) is 1.88. The van der Waals surface area contributed by atoms with Crippen LogP contribution in [0, 0.1) is 0 Å². The Hall–Kier alpha value is -1.40. The second-order valence-electron chi connectivity index (χ2n) is 4.98. The van der Waals surface area contributed by atoms with Gasteiger partial charge in [-0.25, -0.2) is 9.97 Å². The third kappa shape index (κ3) is 4.31. The van der Waals surface area contributed by atoms with Crippen LogP contribution in [0.2, 0.25) is 0 Å². The SMILES string of the molecule is CCCNc1ncnc(N(CCO)CCO)c1C(C)C. The topological polar surface area (TPSA) is 81.5 Å². The standard InChI is InChI=1S/C14H26N4O2/c1-4-5-15-13-12(11(2)3)14(17-10-16-13)18(6-8-19)7-9-20/h10-11,19-20H,4-9H2,1-3H3,(H,15,16,17). The molecule has 1 heterocycles. The lowest BCUT2D eigenvalue weighted by Gasteiger charge is -2.26. The van der Waals surface area contributed by atoms with Crippen molar-refractivity contribution in [3.63, 3.8) is 0 Å². The molecular formula is C14H26N4O2. The van der Waals surface area contributed by atoms with E-state index in [2.05, 4.69) is 36.1 Å². The van der Waals surface area contributed by atoms with Gasteiger partial charge in [0.2, 0.25) is 0 Å². The first-order valence-electron chi connectivity index (χ1n) is 7.21. The molecule has 0 fully saturated rings. The molecule has 3 N–H and O–H groups in total. The number of nitrogens with one attached hydrogen (secondary N) is 1. The van der Waals surface area contributed by atoms with Crippen LogP contribution in [0.1, 0.15) is 38.7 Å². The number of aliphatic hydroxyl groups excluding tert-OH is 2. The normalized spacial score (nSPS) is 10.9. The molecule has 0 saturated carbocycles. The molecule has 0 atom stereocenters. The van der Waals surface area contributed by atoms with Crippen molar-refractivity contribution in [2.75, 3.05) is 43.1 Å². The fourth-order valence-corrected chi connectivity index (χ4v) is 2.12. The Morgan fingerprint density at radius 2 is 1.85 bits per heavy atom. The van der Waals surface area contributed by atoms with E-state index in [9.17, 15) is 10.2 Å². The molecule has 0 amide bonds. The maximum Gasteiger partial charge on any atom is 0.137 e. The number of rotatable bonds is 9. The number of hydrogen-bond donors (Lipinski definition) is 3. The van der Waals surface area contributed by atoms with Crippen LogP contribution in [0.15, 0.2) is 6.33 Å². The van der Waals surface area contributed by atoms with Gasteiger partial charge < -0.3 is 20.4 Å². The van der Waals surface area contributed by atoms with Crippen molar-refractivity contribution in [3.8, 4) is 0 Å². The molecule has 1 rings (SSSR count). The molecule has 0 aliphatic carbocycles. The summed E-state index contributed by atoms with van der Waals surface area (Å²) in [7, 11) is 0. The zero-order valence-corrected chi connectivity index (χ0v) is 12.6. The van der Waals surface area contributed by atoms with E-state index in [-0.39, 0.29) is 19.1 Å². The van der Waals surface area contributed by atoms with Crippen LogP contribution >= 0.6 is 0 Å². The molecule has 1 aromatic heterocycles. The van der Waals surface area contributed by atoms with Crippen LogP contribution in [0.3, 0.4) is 0 Å². The van der Waals surface area contributed by atoms with Gasteiger partial charge in [0.25, 0.3) is 0 Å². The Morgan fingerprint density at radius 3 is 2.35 bits per heavy atom. The summed E-state index contributed by atoms with van der Waals surface area (Å²) in [6.45, 7) is 8.10. The zero-order chi connectivity index (χ0) is 15.0. The van der Waals surface area contributed by atoms with E-state index in [0.717, 1.165) is 30.2 Å². The molecule has 1 aromatic rings. The molecule has 114 valence electrons. The van der Waals surface area contributed by atoms with Crippen LogP contribution in [0.4, 0.5) is 11.6 Å². The summed E-state index contributed by atoms with van der Waals surface area (Å²) in [6, 6.07) is 0. The minimum atomic E-state index is 0.0270. The number of nitrogens with zero attached hydrogens (tertiary/aromatic N) is 3. The fraction of sp³-hybridized carbons (Fsp3) is 0.714. The summed E-state index contributed by atoms with van der Waals surface area (Å²) in [4.78, 5) is 10.6. The summed E-state index contributed by atoms with van der Waals surface area (Å²) >= 11 is 0. The first-order valence-corrected chi connectivity index (χ1v) is 7.21. The molecule has 0 bridgehead atoms. The number of aliphatic hydroxyl groups is 2. The summed E-state index contributed by atoms with van der Waals surface area (Å²) < 4.78 is 0. The van der Waals surface area contributed by atoms with Gasteiger partial charge in [0, 0.05) is 25.2 Å². The summed E-state index contributed by atoms with van der Waals surface area (Å²) in [6.07, 6.45) is 2.55. The first-order chi connectivity index (χ1) is 9.65. The van der Waals surface area contributed by atoms with Gasteiger partial charge in [-0.1, -0.05) is 20.8 Å². The van der Waals surface area contributed by atoms with E-state index in [1.54, 1.807) is 0 Å². The highest BCUT2D eigenvalue weighted by Gasteiger charge is 2.19. The molecule has 0 radical (unpaired) electrons. The molecule has 0 aromatic carbocycles. The van der Waals surface area contributed by atoms with Crippen LogP contribution in [-0.2, 0) is 0 Å². The van der Waals surface area contributed by atoms with Crippen molar-refractivity contribution in [3.05, 3.63) is 11.9 Å². The van der Waals surface area contributed by atoms with Gasteiger partial charge in [-0.05, 0) is 12.3 Å². The van der Waals surface area contributed by atoms with E-state index in [0.29, 0.717) is 13.1 Å². The Balaban J connectivity index is 3.15. The van der Waals surface area contributed by atoms with E-state index in [1.165, 1.54) is 6.33 Å². The van der Waals surface area contributed by atoms with Gasteiger partial charge in [0.1, 0.15) is 18.0 Å². The van der Waals surface area contributed by atoms with Crippen molar-refractivity contribution in [2.24, 2.45) is 0 Å². The van der Waals surface area contributed by atoms with E-state index in [1.807, 2.05) is 4.90 Å².